The summed E-state index contributed by atoms with van der Waals surface area (Å²) in [6, 6.07) is 4.41. The Labute approximate surface area is 153 Å². The van der Waals surface area contributed by atoms with Gasteiger partial charge >= 0.3 is 0 Å². The molecule has 0 aliphatic carbocycles. The number of rotatable bonds is 8. The summed E-state index contributed by atoms with van der Waals surface area (Å²) in [5, 5.41) is 7.97. The van der Waals surface area contributed by atoms with E-state index in [1.807, 2.05) is 6.92 Å². The van der Waals surface area contributed by atoms with Crippen molar-refractivity contribution in [3.8, 4) is 0 Å². The monoisotopic (exact) mass is 393 g/mol. The Hall–Kier alpha value is -1.88. The van der Waals surface area contributed by atoms with Crippen LogP contribution in [0, 0.1) is 0 Å². The van der Waals surface area contributed by atoms with Gasteiger partial charge in [-0.2, -0.15) is 0 Å². The summed E-state index contributed by atoms with van der Waals surface area (Å²) in [6.45, 7) is 1.99. The van der Waals surface area contributed by atoms with Crippen LogP contribution in [0.15, 0.2) is 23.1 Å². The van der Waals surface area contributed by atoms with E-state index in [-0.39, 0.29) is 30.4 Å². The molecule has 0 unspecified atom stereocenters. The third-order valence-corrected chi connectivity index (χ3v) is 4.85. The molecule has 0 atom stereocenters. The lowest BCUT2D eigenvalue weighted by atomic mass is 10.2. The van der Waals surface area contributed by atoms with Gasteiger partial charge in [-0.15, -0.1) is 12.4 Å². The molecule has 0 spiro atoms. The Bertz CT molecular complexity index is 709. The van der Waals surface area contributed by atoms with Gasteiger partial charge in [-0.1, -0.05) is 0 Å². The molecule has 0 saturated carbocycles. The second-order valence-corrected chi connectivity index (χ2v) is 7.21. The topological polar surface area (TPSA) is 134 Å². The maximum Gasteiger partial charge on any atom is 0.243 e. The van der Waals surface area contributed by atoms with E-state index in [0.717, 1.165) is 4.31 Å². The Balaban J connectivity index is 0.00000576. The molecule has 0 saturated heterocycles. The van der Waals surface area contributed by atoms with Gasteiger partial charge in [0.15, 0.2) is 0 Å². The fourth-order valence-electron chi connectivity index (χ4n) is 1.79. The first-order valence-electron chi connectivity index (χ1n) is 7.29. The average Bonchev–Trinajstić information content (AvgIpc) is 2.54. The first-order valence-corrected chi connectivity index (χ1v) is 8.73. The Morgan fingerprint density at radius 2 is 1.80 bits per heavy atom. The zero-order valence-electron chi connectivity index (χ0n) is 14.3. The van der Waals surface area contributed by atoms with Crippen molar-refractivity contribution in [2.24, 2.45) is 5.73 Å². The van der Waals surface area contributed by atoms with Gasteiger partial charge in [0.05, 0.1) is 29.4 Å². The van der Waals surface area contributed by atoms with Gasteiger partial charge in [-0.3, -0.25) is 9.59 Å². The second-order valence-electron chi connectivity index (χ2n) is 5.05. The largest absolute Gasteiger partial charge is 0.384 e. The molecule has 1 aromatic carbocycles. The average molecular weight is 394 g/mol. The summed E-state index contributed by atoms with van der Waals surface area (Å²) >= 11 is 0. The van der Waals surface area contributed by atoms with E-state index in [4.69, 9.17) is 5.73 Å². The van der Waals surface area contributed by atoms with Gasteiger partial charge in [0.2, 0.25) is 21.8 Å². The van der Waals surface area contributed by atoms with E-state index < -0.39 is 21.8 Å². The van der Waals surface area contributed by atoms with Gasteiger partial charge in [0, 0.05) is 20.6 Å². The molecule has 11 heteroatoms. The molecule has 1 aromatic rings. The fraction of sp³-hybridized carbons (Fsp3) is 0.429. The number of benzene rings is 1. The van der Waals surface area contributed by atoms with Crippen molar-refractivity contribution in [2.45, 2.75) is 11.8 Å². The van der Waals surface area contributed by atoms with Crippen molar-refractivity contribution in [1.29, 1.82) is 0 Å². The van der Waals surface area contributed by atoms with E-state index in [1.54, 1.807) is 6.07 Å². The van der Waals surface area contributed by atoms with Crippen molar-refractivity contribution < 1.29 is 18.0 Å². The van der Waals surface area contributed by atoms with Crippen LogP contribution < -0.4 is 21.7 Å². The van der Waals surface area contributed by atoms with Crippen LogP contribution in [0.5, 0.6) is 0 Å². The highest BCUT2D eigenvalue weighted by Gasteiger charge is 2.19. The molecule has 1 rings (SSSR count). The quantitative estimate of drug-likeness (QED) is 0.483. The van der Waals surface area contributed by atoms with Crippen molar-refractivity contribution in [3.05, 3.63) is 18.2 Å². The summed E-state index contributed by atoms with van der Waals surface area (Å²) in [5.41, 5.74) is 6.03. The lowest BCUT2D eigenvalue weighted by Crippen LogP contribution is -2.36. The minimum absolute atomic E-state index is 0. The summed E-state index contributed by atoms with van der Waals surface area (Å²) in [4.78, 5) is 23.1. The van der Waals surface area contributed by atoms with Crippen molar-refractivity contribution in [2.75, 3.05) is 44.4 Å². The maximum atomic E-state index is 12.2. The molecule has 25 heavy (non-hydrogen) atoms. The fourth-order valence-corrected chi connectivity index (χ4v) is 2.72. The highest BCUT2D eigenvalue weighted by atomic mass is 35.5. The van der Waals surface area contributed by atoms with E-state index in [0.29, 0.717) is 17.9 Å². The Morgan fingerprint density at radius 1 is 1.16 bits per heavy atom. The second kappa shape index (κ2) is 10.2. The van der Waals surface area contributed by atoms with Gasteiger partial charge in [-0.25, -0.2) is 12.7 Å². The van der Waals surface area contributed by atoms with E-state index in [9.17, 15) is 18.0 Å². The number of anilines is 2. The molecular weight excluding hydrogens is 370 g/mol. The number of nitrogens with one attached hydrogen (secondary N) is 3. The van der Waals surface area contributed by atoms with Gasteiger partial charge in [-0.05, 0) is 25.1 Å². The molecule has 5 N–H and O–H groups in total. The summed E-state index contributed by atoms with van der Waals surface area (Å²) in [6.07, 6.45) is 0. The molecule has 0 bridgehead atoms. The van der Waals surface area contributed by atoms with Gasteiger partial charge in [0.25, 0.3) is 0 Å². The van der Waals surface area contributed by atoms with Crippen molar-refractivity contribution in [1.82, 2.24) is 9.62 Å². The van der Waals surface area contributed by atoms with Crippen LogP contribution in [0.25, 0.3) is 0 Å². The first kappa shape index (κ1) is 23.1. The van der Waals surface area contributed by atoms with Crippen LogP contribution in [0.2, 0.25) is 0 Å². The van der Waals surface area contributed by atoms with Gasteiger partial charge < -0.3 is 21.7 Å². The molecule has 9 nitrogen and oxygen atoms in total. The number of halogens is 1. The minimum Gasteiger partial charge on any atom is -0.384 e. The first-order chi connectivity index (χ1) is 11.2. The van der Waals surface area contributed by atoms with Crippen LogP contribution in [0.4, 0.5) is 11.4 Å². The normalized spacial score (nSPS) is 10.8. The van der Waals surface area contributed by atoms with E-state index >= 15 is 0 Å². The molecule has 0 aliphatic heterocycles. The smallest absolute Gasteiger partial charge is 0.243 e. The maximum absolute atomic E-state index is 12.2. The number of nitrogens with two attached hydrogens (primary N) is 1. The molecule has 0 heterocycles. The highest BCUT2D eigenvalue weighted by molar-refractivity contribution is 7.89. The number of sulfonamides is 1. The zero-order chi connectivity index (χ0) is 18.3. The molecular formula is C14H24ClN5O4S. The van der Waals surface area contributed by atoms with Crippen LogP contribution in [-0.4, -0.2) is 58.3 Å². The number of hydrogen-bond donors (Lipinski definition) is 4. The highest BCUT2D eigenvalue weighted by Crippen LogP contribution is 2.26. The molecule has 0 radical (unpaired) electrons. The van der Waals surface area contributed by atoms with Crippen LogP contribution in [-0.2, 0) is 19.6 Å². The lowest BCUT2D eigenvalue weighted by molar-refractivity contribution is -0.123. The third kappa shape index (κ3) is 6.50. The summed E-state index contributed by atoms with van der Waals surface area (Å²) < 4.78 is 25.5. The summed E-state index contributed by atoms with van der Waals surface area (Å²) in [5.74, 6) is -0.948. The summed E-state index contributed by atoms with van der Waals surface area (Å²) in [7, 11) is -0.779. The third-order valence-electron chi connectivity index (χ3n) is 3.04. The van der Waals surface area contributed by atoms with Crippen LogP contribution in [0.1, 0.15) is 6.92 Å². The number of carbonyl (C=O) groups excluding carboxylic acids is 2. The zero-order valence-corrected chi connectivity index (χ0v) is 16.0. The van der Waals surface area contributed by atoms with Crippen molar-refractivity contribution >= 4 is 45.6 Å². The van der Waals surface area contributed by atoms with Crippen LogP contribution >= 0.6 is 12.4 Å². The standard InChI is InChI=1S/C14H23N5O4S.ClH/c1-4-16-11-6-5-10(24(22,23)19(2)3)7-12(11)18-14(21)9-17-13(20)8-15;/h5-7,16H,4,8-9,15H2,1-3H3,(H,17,20)(H,18,21);1H. The number of amides is 2. The Kier molecular flexibility index (Phi) is 9.42. The SMILES string of the molecule is CCNc1ccc(S(=O)(=O)N(C)C)cc1NC(=O)CNC(=O)CN.Cl. The molecule has 142 valence electrons. The van der Waals surface area contributed by atoms with E-state index in [2.05, 4.69) is 16.0 Å². The molecule has 0 aromatic heterocycles. The van der Waals surface area contributed by atoms with Crippen molar-refractivity contribution in [3.63, 3.8) is 0 Å². The molecule has 0 fully saturated rings. The minimum atomic E-state index is -3.63. The van der Waals surface area contributed by atoms with Crippen LogP contribution in [0.3, 0.4) is 0 Å². The molecule has 0 aliphatic rings. The van der Waals surface area contributed by atoms with Gasteiger partial charge in [0.1, 0.15) is 0 Å². The van der Waals surface area contributed by atoms with E-state index in [1.165, 1.54) is 26.2 Å². The predicted molar refractivity (Wildman–Crippen MR) is 99.4 cm³/mol. The number of carbonyl (C=O) groups is 2. The predicted octanol–water partition coefficient (Wildman–Crippen LogP) is -0.196. The molecule has 2 amide bonds. The Morgan fingerprint density at radius 3 is 2.32 bits per heavy atom. The lowest BCUT2D eigenvalue weighted by Gasteiger charge is -2.16. The number of hydrogen-bond acceptors (Lipinski definition) is 6. The number of nitrogens with zero attached hydrogens (tertiary/aromatic N) is 1.